The van der Waals surface area contributed by atoms with Crippen molar-refractivity contribution in [1.82, 2.24) is 9.97 Å². The largest absolute Gasteiger partial charge is 0.508 e. The van der Waals surface area contributed by atoms with Gasteiger partial charge in [0.25, 0.3) is 0 Å². The van der Waals surface area contributed by atoms with Crippen molar-refractivity contribution in [3.05, 3.63) is 46.6 Å². The van der Waals surface area contributed by atoms with Gasteiger partial charge in [-0.25, -0.2) is 9.97 Å². The minimum Gasteiger partial charge on any atom is -0.508 e. The summed E-state index contributed by atoms with van der Waals surface area (Å²) in [6.07, 6.45) is 1.91. The number of benzene rings is 1. The van der Waals surface area contributed by atoms with E-state index < -0.39 is 0 Å². The lowest BCUT2D eigenvalue weighted by Gasteiger charge is -2.07. The number of thiophene rings is 1. The van der Waals surface area contributed by atoms with Gasteiger partial charge in [-0.15, -0.1) is 11.3 Å². The Kier molecular flexibility index (Phi) is 4.24. The standard InChI is InChI=1S/C17H19N3OS/c1-3-14-10-15-16(19-11(2)20-17(15)22-14)18-9-8-12-4-6-13(21)7-5-12/h4-7,10,21H,3,8-9H2,1-2H3,(H,18,19,20). The summed E-state index contributed by atoms with van der Waals surface area (Å²) in [6, 6.07) is 9.50. The number of rotatable bonds is 5. The molecule has 2 heterocycles. The van der Waals surface area contributed by atoms with Crippen molar-refractivity contribution in [1.29, 1.82) is 0 Å². The van der Waals surface area contributed by atoms with E-state index in [1.54, 1.807) is 23.5 Å². The predicted octanol–water partition coefficient (Wildman–Crippen LogP) is 3.92. The highest BCUT2D eigenvalue weighted by Crippen LogP contribution is 2.29. The molecular formula is C17H19N3OS. The molecule has 0 atom stereocenters. The third-order valence-electron chi connectivity index (χ3n) is 3.55. The first kappa shape index (κ1) is 14.8. The average Bonchev–Trinajstić information content (AvgIpc) is 2.92. The molecule has 0 fully saturated rings. The van der Waals surface area contributed by atoms with Gasteiger partial charge in [0, 0.05) is 11.4 Å². The number of phenols is 1. The minimum absolute atomic E-state index is 0.301. The number of fused-ring (bicyclic) bond motifs is 1. The molecule has 0 amide bonds. The summed E-state index contributed by atoms with van der Waals surface area (Å²) in [6.45, 7) is 4.88. The van der Waals surface area contributed by atoms with Crippen molar-refractivity contribution in [2.75, 3.05) is 11.9 Å². The molecule has 3 rings (SSSR count). The molecule has 0 aliphatic heterocycles. The van der Waals surface area contributed by atoms with E-state index in [-0.39, 0.29) is 0 Å². The van der Waals surface area contributed by atoms with Crippen LogP contribution in [0.5, 0.6) is 5.75 Å². The molecule has 2 N–H and O–H groups in total. The van der Waals surface area contributed by atoms with Gasteiger partial charge in [0.05, 0.1) is 5.39 Å². The average molecular weight is 313 g/mol. The zero-order valence-corrected chi connectivity index (χ0v) is 13.6. The van der Waals surface area contributed by atoms with Crippen molar-refractivity contribution >= 4 is 27.4 Å². The summed E-state index contributed by atoms with van der Waals surface area (Å²) in [5.74, 6) is 2.01. The van der Waals surface area contributed by atoms with Crippen molar-refractivity contribution in [2.24, 2.45) is 0 Å². The molecule has 2 aromatic heterocycles. The third kappa shape index (κ3) is 3.20. The highest BCUT2D eigenvalue weighted by atomic mass is 32.1. The number of phenolic OH excluding ortho intramolecular Hbond substituents is 1. The van der Waals surface area contributed by atoms with Gasteiger partial charge in [-0.1, -0.05) is 19.1 Å². The number of aryl methyl sites for hydroxylation is 2. The summed E-state index contributed by atoms with van der Waals surface area (Å²) in [7, 11) is 0. The van der Waals surface area contributed by atoms with Crippen LogP contribution in [0.25, 0.3) is 10.2 Å². The van der Waals surface area contributed by atoms with Crippen LogP contribution in [-0.4, -0.2) is 21.6 Å². The zero-order chi connectivity index (χ0) is 15.5. The number of hydrogen-bond donors (Lipinski definition) is 2. The van der Waals surface area contributed by atoms with Crippen LogP contribution < -0.4 is 5.32 Å². The van der Waals surface area contributed by atoms with E-state index in [9.17, 15) is 5.11 Å². The second-order valence-electron chi connectivity index (χ2n) is 5.25. The van der Waals surface area contributed by atoms with Crippen LogP contribution in [0.1, 0.15) is 23.2 Å². The Morgan fingerprint density at radius 2 is 1.95 bits per heavy atom. The van der Waals surface area contributed by atoms with Crippen LogP contribution in [0.3, 0.4) is 0 Å². The van der Waals surface area contributed by atoms with E-state index in [2.05, 4.69) is 28.3 Å². The predicted molar refractivity (Wildman–Crippen MR) is 91.8 cm³/mol. The van der Waals surface area contributed by atoms with Crippen LogP contribution in [-0.2, 0) is 12.8 Å². The van der Waals surface area contributed by atoms with Gasteiger partial charge in [-0.3, -0.25) is 0 Å². The van der Waals surface area contributed by atoms with E-state index in [0.29, 0.717) is 5.75 Å². The highest BCUT2D eigenvalue weighted by Gasteiger charge is 2.09. The molecule has 5 heteroatoms. The van der Waals surface area contributed by atoms with Gasteiger partial charge in [-0.05, 0) is 43.5 Å². The smallest absolute Gasteiger partial charge is 0.138 e. The molecule has 0 bridgehead atoms. The van der Waals surface area contributed by atoms with Gasteiger partial charge >= 0.3 is 0 Å². The van der Waals surface area contributed by atoms with Crippen LogP contribution in [0.15, 0.2) is 30.3 Å². The van der Waals surface area contributed by atoms with Crippen molar-refractivity contribution < 1.29 is 5.11 Å². The molecule has 0 unspecified atom stereocenters. The molecule has 114 valence electrons. The number of nitrogens with one attached hydrogen (secondary N) is 1. The fraction of sp³-hybridized carbons (Fsp3) is 0.294. The van der Waals surface area contributed by atoms with Gasteiger partial charge in [0.1, 0.15) is 22.2 Å². The molecule has 0 radical (unpaired) electrons. The fourth-order valence-electron chi connectivity index (χ4n) is 2.37. The molecule has 3 aromatic rings. The number of aromatic hydroxyl groups is 1. The van der Waals surface area contributed by atoms with E-state index in [4.69, 9.17) is 0 Å². The van der Waals surface area contributed by atoms with Gasteiger partial charge in [0.15, 0.2) is 0 Å². The monoisotopic (exact) mass is 313 g/mol. The summed E-state index contributed by atoms with van der Waals surface area (Å²) in [5, 5.41) is 13.8. The number of anilines is 1. The molecule has 0 spiro atoms. The third-order valence-corrected chi connectivity index (χ3v) is 4.72. The molecule has 4 nitrogen and oxygen atoms in total. The Morgan fingerprint density at radius 1 is 1.18 bits per heavy atom. The zero-order valence-electron chi connectivity index (χ0n) is 12.8. The SMILES string of the molecule is CCc1cc2c(NCCc3ccc(O)cc3)nc(C)nc2s1. The molecular weight excluding hydrogens is 294 g/mol. The Morgan fingerprint density at radius 3 is 2.68 bits per heavy atom. The first-order valence-corrected chi connectivity index (χ1v) is 8.26. The summed E-state index contributed by atoms with van der Waals surface area (Å²) < 4.78 is 0. The van der Waals surface area contributed by atoms with E-state index >= 15 is 0 Å². The summed E-state index contributed by atoms with van der Waals surface area (Å²) in [5.41, 5.74) is 1.19. The number of hydrogen-bond acceptors (Lipinski definition) is 5. The second kappa shape index (κ2) is 6.32. The van der Waals surface area contributed by atoms with E-state index in [1.165, 1.54) is 10.4 Å². The summed E-state index contributed by atoms with van der Waals surface area (Å²) >= 11 is 1.74. The molecule has 0 aliphatic carbocycles. The van der Waals surface area contributed by atoms with Crippen LogP contribution >= 0.6 is 11.3 Å². The number of aromatic nitrogens is 2. The number of nitrogens with zero attached hydrogens (tertiary/aromatic N) is 2. The van der Waals surface area contributed by atoms with Crippen LogP contribution in [0.2, 0.25) is 0 Å². The second-order valence-corrected chi connectivity index (χ2v) is 6.36. The molecule has 0 aliphatic rings. The normalized spacial score (nSPS) is 11.0. The van der Waals surface area contributed by atoms with Crippen LogP contribution in [0, 0.1) is 6.92 Å². The first-order chi connectivity index (χ1) is 10.7. The summed E-state index contributed by atoms with van der Waals surface area (Å²) in [4.78, 5) is 11.4. The quantitative estimate of drug-likeness (QED) is 0.749. The van der Waals surface area contributed by atoms with Crippen molar-refractivity contribution in [2.45, 2.75) is 26.7 Å². The Labute approximate surface area is 133 Å². The molecule has 0 saturated carbocycles. The van der Waals surface area contributed by atoms with Gasteiger partial charge < -0.3 is 10.4 Å². The topological polar surface area (TPSA) is 58.0 Å². The van der Waals surface area contributed by atoms with E-state index in [1.807, 2.05) is 19.1 Å². The Hall–Kier alpha value is -2.14. The first-order valence-electron chi connectivity index (χ1n) is 7.44. The van der Waals surface area contributed by atoms with Crippen molar-refractivity contribution in [3.8, 4) is 5.75 Å². The lowest BCUT2D eigenvalue weighted by molar-refractivity contribution is 0.475. The lowest BCUT2D eigenvalue weighted by Crippen LogP contribution is -2.07. The minimum atomic E-state index is 0.301. The Balaban J connectivity index is 1.75. The van der Waals surface area contributed by atoms with Gasteiger partial charge in [-0.2, -0.15) is 0 Å². The highest BCUT2D eigenvalue weighted by molar-refractivity contribution is 7.18. The molecule has 1 aromatic carbocycles. The maximum absolute atomic E-state index is 9.30. The lowest BCUT2D eigenvalue weighted by atomic mass is 10.1. The van der Waals surface area contributed by atoms with E-state index in [0.717, 1.165) is 41.2 Å². The van der Waals surface area contributed by atoms with Gasteiger partial charge in [0.2, 0.25) is 0 Å². The maximum atomic E-state index is 9.30. The van der Waals surface area contributed by atoms with Crippen LogP contribution in [0.4, 0.5) is 5.82 Å². The molecule has 0 saturated heterocycles. The maximum Gasteiger partial charge on any atom is 0.138 e. The fourth-order valence-corrected chi connectivity index (χ4v) is 3.39. The molecule has 22 heavy (non-hydrogen) atoms. The Bertz CT molecular complexity index is 780. The van der Waals surface area contributed by atoms with Crippen molar-refractivity contribution in [3.63, 3.8) is 0 Å².